The van der Waals surface area contributed by atoms with Crippen LogP contribution in [0.25, 0.3) is 0 Å². The van der Waals surface area contributed by atoms with E-state index in [1.165, 1.54) is 6.07 Å². The van der Waals surface area contributed by atoms with E-state index in [4.69, 9.17) is 9.47 Å². The van der Waals surface area contributed by atoms with Gasteiger partial charge in [0.1, 0.15) is 5.82 Å². The van der Waals surface area contributed by atoms with Crippen molar-refractivity contribution in [3.05, 3.63) is 47.0 Å². The number of amides is 1. The average molecular weight is 309 g/mol. The van der Waals surface area contributed by atoms with Gasteiger partial charge in [-0.05, 0) is 24.1 Å². The molecule has 2 rings (SSSR count). The lowest BCUT2D eigenvalue weighted by Crippen LogP contribution is -2.24. The molecule has 1 unspecified atom stereocenters. The lowest BCUT2D eigenvalue weighted by Gasteiger charge is -2.18. The summed E-state index contributed by atoms with van der Waals surface area (Å²) in [6.07, 6.45) is 1.52. The van der Waals surface area contributed by atoms with Crippen molar-refractivity contribution in [3.63, 3.8) is 0 Å². The summed E-state index contributed by atoms with van der Waals surface area (Å²) in [5.74, 6) is -2.65. The molecule has 22 heavy (non-hydrogen) atoms. The maximum atomic E-state index is 13.4. The van der Waals surface area contributed by atoms with E-state index in [2.05, 4.69) is 5.32 Å². The highest BCUT2D eigenvalue weighted by Gasteiger charge is 2.40. The van der Waals surface area contributed by atoms with Crippen molar-refractivity contribution in [2.45, 2.75) is 39.5 Å². The molecule has 0 aliphatic carbocycles. The van der Waals surface area contributed by atoms with E-state index < -0.39 is 17.7 Å². The van der Waals surface area contributed by atoms with Gasteiger partial charge >= 0.3 is 5.97 Å². The van der Waals surface area contributed by atoms with Gasteiger partial charge in [-0.15, -0.1) is 0 Å². The van der Waals surface area contributed by atoms with Crippen molar-refractivity contribution in [3.8, 4) is 0 Å². The zero-order chi connectivity index (χ0) is 16.3. The molecule has 1 saturated heterocycles. The molecule has 1 amide bonds. The Labute approximate surface area is 129 Å². The first-order valence-electron chi connectivity index (χ1n) is 7.00. The first kappa shape index (κ1) is 16.0. The van der Waals surface area contributed by atoms with Crippen LogP contribution >= 0.6 is 0 Å². The van der Waals surface area contributed by atoms with Gasteiger partial charge in [-0.25, -0.2) is 9.18 Å². The van der Waals surface area contributed by atoms with Gasteiger partial charge in [-0.1, -0.05) is 19.1 Å². The molecule has 1 aliphatic rings. The molecule has 0 saturated carbocycles. The van der Waals surface area contributed by atoms with Crippen LogP contribution in [-0.4, -0.2) is 17.7 Å². The fourth-order valence-corrected chi connectivity index (χ4v) is 1.88. The third-order valence-electron chi connectivity index (χ3n) is 3.44. The first-order valence-corrected chi connectivity index (χ1v) is 7.00. The Balaban J connectivity index is 0.00000264. The summed E-state index contributed by atoms with van der Waals surface area (Å²) < 4.78 is 23.8. The van der Waals surface area contributed by atoms with Crippen molar-refractivity contribution in [2.24, 2.45) is 0 Å². The Morgan fingerprint density at radius 3 is 2.77 bits per heavy atom. The SMILES string of the molecule is CCC1(C)OC(=O)/C(=C/C(=O)NCc2ccc(C)c(F)c2)O1.[HH]. The smallest absolute Gasteiger partial charge is 0.377 e. The van der Waals surface area contributed by atoms with E-state index in [1.807, 2.05) is 6.92 Å². The van der Waals surface area contributed by atoms with Crippen LogP contribution in [0.5, 0.6) is 0 Å². The number of halogens is 1. The van der Waals surface area contributed by atoms with Crippen molar-refractivity contribution in [2.75, 3.05) is 0 Å². The van der Waals surface area contributed by atoms with Gasteiger partial charge in [0.25, 0.3) is 5.79 Å². The van der Waals surface area contributed by atoms with Gasteiger partial charge in [0.15, 0.2) is 0 Å². The van der Waals surface area contributed by atoms with Gasteiger partial charge in [0.05, 0.1) is 6.08 Å². The van der Waals surface area contributed by atoms with Crippen molar-refractivity contribution in [1.82, 2.24) is 5.32 Å². The number of cyclic esters (lactones) is 1. The number of rotatable bonds is 4. The van der Waals surface area contributed by atoms with Crippen LogP contribution in [0.3, 0.4) is 0 Å². The molecule has 1 heterocycles. The van der Waals surface area contributed by atoms with Crippen molar-refractivity contribution in [1.29, 1.82) is 0 Å². The molecule has 5 nitrogen and oxygen atoms in total. The van der Waals surface area contributed by atoms with Crippen LogP contribution < -0.4 is 5.32 Å². The number of carbonyl (C=O) groups excluding carboxylic acids is 2. The maximum Gasteiger partial charge on any atom is 0.377 e. The predicted octanol–water partition coefficient (Wildman–Crippen LogP) is 2.58. The highest BCUT2D eigenvalue weighted by atomic mass is 19.1. The molecular formula is C16H20FNO4. The zero-order valence-corrected chi connectivity index (χ0v) is 12.7. The summed E-state index contributed by atoms with van der Waals surface area (Å²) in [6.45, 7) is 5.25. The number of hydrogen-bond donors (Lipinski definition) is 1. The molecule has 0 spiro atoms. The predicted molar refractivity (Wildman–Crippen MR) is 79.1 cm³/mol. The number of benzene rings is 1. The molecule has 1 aliphatic heterocycles. The average Bonchev–Trinajstić information content (AvgIpc) is 2.75. The Morgan fingerprint density at radius 2 is 2.18 bits per heavy atom. The molecule has 0 bridgehead atoms. The fraction of sp³-hybridized carbons (Fsp3) is 0.375. The third-order valence-corrected chi connectivity index (χ3v) is 3.44. The van der Waals surface area contributed by atoms with Crippen LogP contribution in [0.15, 0.2) is 30.0 Å². The Morgan fingerprint density at radius 1 is 1.45 bits per heavy atom. The van der Waals surface area contributed by atoms with Crippen molar-refractivity contribution < 1.29 is 24.9 Å². The molecule has 1 N–H and O–H groups in total. The number of carbonyl (C=O) groups is 2. The van der Waals surface area contributed by atoms with Gasteiger partial charge in [0, 0.05) is 21.3 Å². The summed E-state index contributed by atoms with van der Waals surface area (Å²) in [5, 5.41) is 2.57. The first-order chi connectivity index (χ1) is 10.3. The van der Waals surface area contributed by atoms with Crippen molar-refractivity contribution >= 4 is 11.9 Å². The second-order valence-corrected chi connectivity index (χ2v) is 5.29. The van der Waals surface area contributed by atoms with E-state index in [1.54, 1.807) is 26.0 Å². The number of hydrogen-bond acceptors (Lipinski definition) is 4. The maximum absolute atomic E-state index is 13.4. The van der Waals surface area contributed by atoms with Crippen LogP contribution in [0.1, 0.15) is 32.8 Å². The monoisotopic (exact) mass is 309 g/mol. The van der Waals surface area contributed by atoms with E-state index >= 15 is 0 Å². The highest BCUT2D eigenvalue weighted by molar-refractivity contribution is 5.98. The molecule has 1 aromatic carbocycles. The molecule has 0 radical (unpaired) electrons. The zero-order valence-electron chi connectivity index (χ0n) is 12.7. The highest BCUT2D eigenvalue weighted by Crippen LogP contribution is 2.29. The number of ether oxygens (including phenoxy) is 2. The lowest BCUT2D eigenvalue weighted by molar-refractivity contribution is -0.165. The quantitative estimate of drug-likeness (QED) is 0.686. The fourth-order valence-electron chi connectivity index (χ4n) is 1.88. The minimum absolute atomic E-state index is 0. The van der Waals surface area contributed by atoms with E-state index in [9.17, 15) is 14.0 Å². The standard InChI is InChI=1S/C16H18FNO4.H2/c1-4-16(3)21-13(15(20)22-16)8-14(19)18-9-11-6-5-10(2)12(17)7-11;/h5-8H,4,9H2,1-3H3,(H,18,19);1H/b13-8-;. The summed E-state index contributed by atoms with van der Waals surface area (Å²) in [5.41, 5.74) is 1.17. The summed E-state index contributed by atoms with van der Waals surface area (Å²) in [6, 6.07) is 4.72. The Hall–Kier alpha value is -2.37. The summed E-state index contributed by atoms with van der Waals surface area (Å²) >= 11 is 0. The molecule has 1 atom stereocenters. The molecular weight excluding hydrogens is 289 g/mol. The van der Waals surface area contributed by atoms with Crippen LogP contribution in [0.4, 0.5) is 4.39 Å². The Bertz CT molecular complexity index is 647. The Kier molecular flexibility index (Phi) is 4.49. The second kappa shape index (κ2) is 6.17. The molecule has 6 heteroatoms. The summed E-state index contributed by atoms with van der Waals surface area (Å²) in [4.78, 5) is 23.4. The minimum Gasteiger partial charge on any atom is -0.445 e. The van der Waals surface area contributed by atoms with E-state index in [0.717, 1.165) is 6.08 Å². The normalized spacial score (nSPS) is 22.4. The number of nitrogens with one attached hydrogen (secondary N) is 1. The number of aryl methyl sites for hydroxylation is 1. The van der Waals surface area contributed by atoms with Crippen LogP contribution in [-0.2, 0) is 25.6 Å². The van der Waals surface area contributed by atoms with Crippen LogP contribution in [0, 0.1) is 12.7 Å². The number of esters is 1. The topological polar surface area (TPSA) is 64.6 Å². The van der Waals surface area contributed by atoms with Crippen LogP contribution in [0.2, 0.25) is 0 Å². The molecule has 1 fully saturated rings. The van der Waals surface area contributed by atoms with E-state index in [-0.39, 0.29) is 19.5 Å². The minimum atomic E-state index is -1.02. The van der Waals surface area contributed by atoms with E-state index in [0.29, 0.717) is 17.5 Å². The van der Waals surface area contributed by atoms with Gasteiger partial charge < -0.3 is 14.8 Å². The summed E-state index contributed by atoms with van der Waals surface area (Å²) in [7, 11) is 0. The molecule has 1 aromatic rings. The van der Waals surface area contributed by atoms with Gasteiger partial charge in [0.2, 0.25) is 11.7 Å². The van der Waals surface area contributed by atoms with Gasteiger partial charge in [-0.3, -0.25) is 4.79 Å². The molecule has 120 valence electrons. The largest absolute Gasteiger partial charge is 0.445 e. The third kappa shape index (κ3) is 3.63. The molecule has 0 aromatic heterocycles. The second-order valence-electron chi connectivity index (χ2n) is 5.29. The lowest BCUT2D eigenvalue weighted by atomic mass is 10.1. The van der Waals surface area contributed by atoms with Gasteiger partial charge in [-0.2, -0.15) is 0 Å².